The van der Waals surface area contributed by atoms with Gasteiger partial charge >= 0.3 is 17.8 Å². The van der Waals surface area contributed by atoms with Crippen LogP contribution in [0.4, 0.5) is 4.79 Å². The highest BCUT2D eigenvalue weighted by atomic mass is 16.5. The number of benzene rings is 1. The molecule has 150 valence electrons. The Bertz CT molecular complexity index is 757. The summed E-state index contributed by atoms with van der Waals surface area (Å²) in [6.07, 6.45) is 5.57. The van der Waals surface area contributed by atoms with Crippen molar-refractivity contribution in [3.63, 3.8) is 0 Å². The molecule has 0 bridgehead atoms. The Labute approximate surface area is 165 Å². The molecule has 0 radical (unpaired) electrons. The third kappa shape index (κ3) is 3.39. The van der Waals surface area contributed by atoms with Crippen LogP contribution in [0.3, 0.4) is 0 Å². The van der Waals surface area contributed by atoms with E-state index in [1.54, 1.807) is 0 Å². The molecule has 1 saturated carbocycles. The third-order valence-electron chi connectivity index (χ3n) is 6.04. The van der Waals surface area contributed by atoms with Crippen LogP contribution in [0.15, 0.2) is 24.3 Å². The topological polar surface area (TPSA) is 70.2 Å². The van der Waals surface area contributed by atoms with Crippen LogP contribution in [0.1, 0.15) is 57.1 Å². The zero-order valence-electron chi connectivity index (χ0n) is 16.3. The van der Waals surface area contributed by atoms with Crippen molar-refractivity contribution in [2.75, 3.05) is 19.8 Å². The van der Waals surface area contributed by atoms with Crippen molar-refractivity contribution >= 4 is 17.8 Å². The maximum absolute atomic E-state index is 12.8. The summed E-state index contributed by atoms with van der Waals surface area (Å²) in [4.78, 5) is 42.2. The number of urea groups is 1. The normalized spacial score (nSPS) is 24.0. The van der Waals surface area contributed by atoms with E-state index in [1.807, 2.05) is 31.2 Å². The molecule has 2 saturated heterocycles. The summed E-state index contributed by atoms with van der Waals surface area (Å²) in [5.41, 5.74) is 1.14. The fourth-order valence-electron chi connectivity index (χ4n) is 4.64. The molecule has 3 fully saturated rings. The van der Waals surface area contributed by atoms with Gasteiger partial charge in [-0.1, -0.05) is 25.0 Å². The fraction of sp³-hybridized carbons (Fsp3) is 0.571. The third-order valence-corrected chi connectivity index (χ3v) is 6.04. The van der Waals surface area contributed by atoms with Gasteiger partial charge in [-0.25, -0.2) is 9.69 Å². The molecule has 1 aliphatic carbocycles. The monoisotopic (exact) mass is 385 g/mol. The van der Waals surface area contributed by atoms with Gasteiger partial charge in [0, 0.05) is 18.6 Å². The summed E-state index contributed by atoms with van der Waals surface area (Å²) in [7, 11) is 0. The molecule has 0 unspecified atom stereocenters. The van der Waals surface area contributed by atoms with Gasteiger partial charge in [-0.05, 0) is 50.3 Å². The van der Waals surface area contributed by atoms with E-state index in [9.17, 15) is 14.4 Å². The van der Waals surface area contributed by atoms with Crippen LogP contribution in [0, 0.1) is 0 Å². The van der Waals surface area contributed by atoms with Gasteiger partial charge in [-0.3, -0.25) is 19.4 Å². The summed E-state index contributed by atoms with van der Waals surface area (Å²) in [6.45, 7) is 3.55. The van der Waals surface area contributed by atoms with Gasteiger partial charge in [-0.2, -0.15) is 0 Å². The van der Waals surface area contributed by atoms with Crippen molar-refractivity contribution in [3.05, 3.63) is 29.8 Å². The molecule has 2 heterocycles. The van der Waals surface area contributed by atoms with E-state index in [-0.39, 0.29) is 18.8 Å². The number of nitrogens with zero attached hydrogens (tertiary/aromatic N) is 3. The minimum atomic E-state index is -0.686. The predicted octanol–water partition coefficient (Wildman–Crippen LogP) is 2.91. The standard InChI is InChI=1S/C21H27N3O4/c1-2-28-17-11-9-15(10-12-17)18-8-5-13-22(18)14-23-19(25)20(26)24(21(23)27)16-6-3-4-7-16/h9-12,16,18H,2-8,13-14H2,1H3/t18-/m1/s1. The number of carbonyl (C=O) groups is 3. The quantitative estimate of drug-likeness (QED) is 0.556. The van der Waals surface area contributed by atoms with Crippen molar-refractivity contribution in [1.29, 1.82) is 0 Å². The number of carbonyl (C=O) groups excluding carboxylic acids is 3. The van der Waals surface area contributed by atoms with E-state index in [2.05, 4.69) is 4.90 Å². The van der Waals surface area contributed by atoms with Crippen molar-refractivity contribution in [2.45, 2.75) is 57.5 Å². The molecule has 3 aliphatic rings. The minimum Gasteiger partial charge on any atom is -0.494 e. The highest BCUT2D eigenvalue weighted by Gasteiger charge is 2.49. The molecule has 0 aromatic heterocycles. The average Bonchev–Trinajstić information content (AvgIpc) is 3.42. The lowest BCUT2D eigenvalue weighted by Crippen LogP contribution is -2.43. The summed E-state index contributed by atoms with van der Waals surface area (Å²) in [6, 6.07) is 7.55. The molecule has 0 spiro atoms. The first kappa shape index (κ1) is 18.9. The summed E-state index contributed by atoms with van der Waals surface area (Å²) in [5.74, 6) is -0.513. The molecule has 7 nitrogen and oxygen atoms in total. The number of amides is 4. The van der Waals surface area contributed by atoms with Crippen molar-refractivity contribution in [2.24, 2.45) is 0 Å². The molecule has 4 rings (SSSR count). The SMILES string of the molecule is CCOc1ccc([C@H]2CCCN2CN2C(=O)C(=O)N(C3CCCC3)C2=O)cc1. The molecule has 0 N–H and O–H groups in total. The van der Waals surface area contributed by atoms with Crippen LogP contribution in [-0.4, -0.2) is 58.4 Å². The second-order valence-electron chi connectivity index (χ2n) is 7.74. The lowest BCUT2D eigenvalue weighted by molar-refractivity contribution is -0.144. The van der Waals surface area contributed by atoms with Crippen LogP contribution in [-0.2, 0) is 9.59 Å². The van der Waals surface area contributed by atoms with Gasteiger partial charge in [0.25, 0.3) is 0 Å². The van der Waals surface area contributed by atoms with Crippen LogP contribution in [0.5, 0.6) is 5.75 Å². The number of likely N-dealkylation sites (tertiary alicyclic amines) is 1. The first-order valence-electron chi connectivity index (χ1n) is 10.3. The lowest BCUT2D eigenvalue weighted by Gasteiger charge is -2.28. The first-order valence-corrected chi connectivity index (χ1v) is 10.3. The largest absolute Gasteiger partial charge is 0.494 e. The fourth-order valence-corrected chi connectivity index (χ4v) is 4.64. The van der Waals surface area contributed by atoms with Crippen LogP contribution >= 0.6 is 0 Å². The van der Waals surface area contributed by atoms with Crippen LogP contribution in [0.2, 0.25) is 0 Å². The van der Waals surface area contributed by atoms with Crippen LogP contribution < -0.4 is 4.74 Å². The number of rotatable bonds is 6. The van der Waals surface area contributed by atoms with Gasteiger partial charge in [0.15, 0.2) is 0 Å². The number of hydrogen-bond acceptors (Lipinski definition) is 5. The molecular formula is C21H27N3O4. The van der Waals surface area contributed by atoms with Crippen molar-refractivity contribution < 1.29 is 19.1 Å². The van der Waals surface area contributed by atoms with Gasteiger partial charge < -0.3 is 4.74 Å². The Morgan fingerprint density at radius 1 is 0.964 bits per heavy atom. The predicted molar refractivity (Wildman–Crippen MR) is 103 cm³/mol. The molecule has 1 atom stereocenters. The molecular weight excluding hydrogens is 358 g/mol. The lowest BCUT2D eigenvalue weighted by atomic mass is 10.0. The van der Waals surface area contributed by atoms with E-state index in [0.717, 1.165) is 61.3 Å². The summed E-state index contributed by atoms with van der Waals surface area (Å²) >= 11 is 0. The van der Waals surface area contributed by atoms with Crippen molar-refractivity contribution in [3.8, 4) is 5.75 Å². The zero-order chi connectivity index (χ0) is 19.7. The summed E-state index contributed by atoms with van der Waals surface area (Å²) < 4.78 is 5.50. The Hall–Kier alpha value is -2.41. The first-order chi connectivity index (χ1) is 13.6. The zero-order valence-corrected chi connectivity index (χ0v) is 16.3. The minimum absolute atomic E-state index is 0.116. The number of imide groups is 2. The van der Waals surface area contributed by atoms with E-state index < -0.39 is 17.8 Å². The second kappa shape index (κ2) is 7.91. The molecule has 7 heteroatoms. The molecule has 2 aliphatic heterocycles. The van der Waals surface area contributed by atoms with Gasteiger partial charge in [0.2, 0.25) is 0 Å². The van der Waals surface area contributed by atoms with Gasteiger partial charge in [0.1, 0.15) is 5.75 Å². The van der Waals surface area contributed by atoms with E-state index >= 15 is 0 Å². The smallest absolute Gasteiger partial charge is 0.335 e. The van der Waals surface area contributed by atoms with Gasteiger partial charge in [-0.15, -0.1) is 0 Å². The molecule has 1 aromatic rings. The number of ether oxygens (including phenoxy) is 1. The maximum Gasteiger partial charge on any atom is 0.335 e. The van der Waals surface area contributed by atoms with E-state index in [0.29, 0.717) is 6.61 Å². The van der Waals surface area contributed by atoms with E-state index in [1.165, 1.54) is 4.90 Å². The maximum atomic E-state index is 12.8. The van der Waals surface area contributed by atoms with E-state index in [4.69, 9.17) is 4.74 Å². The Balaban J connectivity index is 1.47. The van der Waals surface area contributed by atoms with Gasteiger partial charge in [0.05, 0.1) is 13.3 Å². The molecule has 28 heavy (non-hydrogen) atoms. The second-order valence-corrected chi connectivity index (χ2v) is 7.74. The average molecular weight is 385 g/mol. The highest BCUT2D eigenvalue weighted by molar-refractivity contribution is 6.44. The Morgan fingerprint density at radius 2 is 1.68 bits per heavy atom. The Morgan fingerprint density at radius 3 is 2.36 bits per heavy atom. The highest BCUT2D eigenvalue weighted by Crippen LogP contribution is 2.34. The molecule has 1 aromatic carbocycles. The number of hydrogen-bond donors (Lipinski definition) is 0. The molecule has 4 amide bonds. The van der Waals surface area contributed by atoms with Crippen molar-refractivity contribution in [1.82, 2.24) is 14.7 Å². The van der Waals surface area contributed by atoms with Crippen LogP contribution in [0.25, 0.3) is 0 Å². The Kier molecular flexibility index (Phi) is 5.35. The summed E-state index contributed by atoms with van der Waals surface area (Å²) in [5, 5.41) is 0.